The number of ether oxygens (including phenoxy) is 1. The van der Waals surface area contributed by atoms with E-state index < -0.39 is 0 Å². The van der Waals surface area contributed by atoms with Crippen molar-refractivity contribution in [3.05, 3.63) is 17.7 Å². The average molecular weight is 290 g/mol. The normalized spacial score (nSPS) is 18.6. The Balaban J connectivity index is 1.61. The molecule has 0 atom stereocenters. The summed E-state index contributed by atoms with van der Waals surface area (Å²) < 4.78 is 5.68. The highest BCUT2D eigenvalue weighted by Crippen LogP contribution is 2.39. The summed E-state index contributed by atoms with van der Waals surface area (Å²) in [5.41, 5.74) is 9.40. The Morgan fingerprint density at radius 2 is 2.10 bits per heavy atom. The summed E-state index contributed by atoms with van der Waals surface area (Å²) in [7, 11) is 1.99. The van der Waals surface area contributed by atoms with Crippen molar-refractivity contribution in [3.63, 3.8) is 0 Å². The van der Waals surface area contributed by atoms with Gasteiger partial charge in [-0.25, -0.2) is 0 Å². The molecule has 5 nitrogen and oxygen atoms in total. The molecule has 1 fully saturated rings. The van der Waals surface area contributed by atoms with Gasteiger partial charge in [-0.1, -0.05) is 0 Å². The van der Waals surface area contributed by atoms with E-state index in [0.29, 0.717) is 6.04 Å². The molecule has 0 unspecified atom stereocenters. The third-order valence-electron chi connectivity index (χ3n) is 4.51. The molecule has 0 aliphatic carbocycles. The topological polar surface area (TPSA) is 62.5 Å². The SMILES string of the molecule is CNCCNC1CCN(c2ccc(N)c3c2CCO3)CC1. The number of rotatable bonds is 5. The zero-order valence-electron chi connectivity index (χ0n) is 12.8. The van der Waals surface area contributed by atoms with E-state index in [4.69, 9.17) is 10.5 Å². The molecule has 2 heterocycles. The van der Waals surface area contributed by atoms with E-state index in [1.807, 2.05) is 13.1 Å². The molecule has 0 amide bonds. The van der Waals surface area contributed by atoms with Crippen LogP contribution in [0.15, 0.2) is 12.1 Å². The second kappa shape index (κ2) is 6.54. The molecular formula is C16H26N4O. The van der Waals surface area contributed by atoms with E-state index in [0.717, 1.165) is 50.6 Å². The van der Waals surface area contributed by atoms with Gasteiger partial charge in [-0.2, -0.15) is 0 Å². The molecular weight excluding hydrogens is 264 g/mol. The maximum atomic E-state index is 6.00. The van der Waals surface area contributed by atoms with Crippen molar-refractivity contribution in [1.82, 2.24) is 10.6 Å². The van der Waals surface area contributed by atoms with Crippen molar-refractivity contribution in [1.29, 1.82) is 0 Å². The van der Waals surface area contributed by atoms with Crippen LogP contribution in [0.1, 0.15) is 18.4 Å². The molecule has 116 valence electrons. The van der Waals surface area contributed by atoms with Crippen LogP contribution in [0, 0.1) is 0 Å². The fourth-order valence-corrected chi connectivity index (χ4v) is 3.32. The average Bonchev–Trinajstić information content (AvgIpc) is 2.99. The van der Waals surface area contributed by atoms with Gasteiger partial charge in [0.2, 0.25) is 0 Å². The van der Waals surface area contributed by atoms with Gasteiger partial charge in [-0.15, -0.1) is 0 Å². The largest absolute Gasteiger partial charge is 0.491 e. The third kappa shape index (κ3) is 3.09. The molecule has 0 bridgehead atoms. The van der Waals surface area contributed by atoms with Crippen molar-refractivity contribution in [3.8, 4) is 5.75 Å². The van der Waals surface area contributed by atoms with Gasteiger partial charge >= 0.3 is 0 Å². The minimum absolute atomic E-state index is 0.646. The number of fused-ring (bicyclic) bond motifs is 1. The molecule has 0 saturated carbocycles. The van der Waals surface area contributed by atoms with Crippen molar-refractivity contribution in [2.75, 3.05) is 50.5 Å². The Morgan fingerprint density at radius 3 is 2.86 bits per heavy atom. The molecule has 1 saturated heterocycles. The van der Waals surface area contributed by atoms with E-state index in [1.54, 1.807) is 0 Å². The predicted octanol–water partition coefficient (Wildman–Crippen LogP) is 0.981. The Bertz CT molecular complexity index is 483. The molecule has 0 spiro atoms. The molecule has 1 aromatic carbocycles. The van der Waals surface area contributed by atoms with Crippen molar-refractivity contribution < 1.29 is 4.74 Å². The van der Waals surface area contributed by atoms with E-state index >= 15 is 0 Å². The predicted molar refractivity (Wildman–Crippen MR) is 87.2 cm³/mol. The van der Waals surface area contributed by atoms with Crippen LogP contribution in [0.5, 0.6) is 5.75 Å². The Morgan fingerprint density at radius 1 is 1.29 bits per heavy atom. The highest BCUT2D eigenvalue weighted by Gasteiger charge is 2.25. The van der Waals surface area contributed by atoms with Crippen molar-refractivity contribution >= 4 is 11.4 Å². The van der Waals surface area contributed by atoms with Gasteiger partial charge in [0.05, 0.1) is 12.3 Å². The summed E-state index contributed by atoms with van der Waals surface area (Å²) in [5, 5.41) is 6.80. The van der Waals surface area contributed by atoms with Crippen LogP contribution < -0.4 is 26.0 Å². The first-order chi connectivity index (χ1) is 10.3. The number of piperidine rings is 1. The zero-order valence-corrected chi connectivity index (χ0v) is 12.8. The Hall–Kier alpha value is -1.46. The van der Waals surface area contributed by atoms with E-state index in [2.05, 4.69) is 21.6 Å². The lowest BCUT2D eigenvalue weighted by molar-refractivity contribution is 0.358. The van der Waals surface area contributed by atoms with Gasteiger partial charge in [-0.3, -0.25) is 0 Å². The molecule has 0 aromatic heterocycles. The number of hydrogen-bond donors (Lipinski definition) is 3. The molecule has 2 aliphatic heterocycles. The Kier molecular flexibility index (Phi) is 4.51. The number of nitrogens with two attached hydrogens (primary N) is 1. The third-order valence-corrected chi connectivity index (χ3v) is 4.51. The van der Waals surface area contributed by atoms with E-state index in [1.165, 1.54) is 24.1 Å². The number of hydrogen-bond acceptors (Lipinski definition) is 5. The molecule has 1 aromatic rings. The van der Waals surface area contributed by atoms with Crippen LogP contribution in [0.3, 0.4) is 0 Å². The summed E-state index contributed by atoms with van der Waals surface area (Å²) in [5.74, 6) is 0.918. The van der Waals surface area contributed by atoms with Gasteiger partial charge in [0.1, 0.15) is 5.75 Å². The first kappa shape index (κ1) is 14.5. The summed E-state index contributed by atoms with van der Waals surface area (Å²) in [4.78, 5) is 2.49. The van der Waals surface area contributed by atoms with Gasteiger partial charge < -0.3 is 26.0 Å². The fourth-order valence-electron chi connectivity index (χ4n) is 3.32. The molecule has 4 N–H and O–H groups in total. The number of nitrogens with one attached hydrogen (secondary N) is 2. The van der Waals surface area contributed by atoms with Crippen LogP contribution in [0.2, 0.25) is 0 Å². The van der Waals surface area contributed by atoms with Crippen LogP contribution in [0.25, 0.3) is 0 Å². The van der Waals surface area contributed by atoms with Crippen LogP contribution in [-0.2, 0) is 6.42 Å². The van der Waals surface area contributed by atoms with Crippen LogP contribution in [-0.4, -0.2) is 45.9 Å². The minimum atomic E-state index is 0.646. The first-order valence-electron chi connectivity index (χ1n) is 7.96. The number of anilines is 2. The number of likely N-dealkylation sites (N-methyl/N-ethyl adjacent to an activating group) is 1. The Labute approximate surface area is 126 Å². The standard InChI is InChI=1S/C16H26N4O/c1-18-7-8-19-12-4-9-20(10-5-12)15-3-2-14(17)16-13(15)6-11-21-16/h2-3,12,18-19H,4-11,17H2,1H3. The maximum Gasteiger partial charge on any atom is 0.147 e. The number of benzene rings is 1. The summed E-state index contributed by atoms with van der Waals surface area (Å²) in [6.07, 6.45) is 3.38. The van der Waals surface area contributed by atoms with Gasteiger partial charge in [0, 0.05) is 49.9 Å². The monoisotopic (exact) mass is 290 g/mol. The lowest BCUT2D eigenvalue weighted by Crippen LogP contribution is -2.44. The summed E-state index contributed by atoms with van der Waals surface area (Å²) >= 11 is 0. The van der Waals surface area contributed by atoms with Gasteiger partial charge in [0.15, 0.2) is 0 Å². The molecule has 0 radical (unpaired) electrons. The fraction of sp³-hybridized carbons (Fsp3) is 0.625. The number of nitrogens with zero attached hydrogens (tertiary/aromatic N) is 1. The van der Waals surface area contributed by atoms with E-state index in [-0.39, 0.29) is 0 Å². The first-order valence-corrected chi connectivity index (χ1v) is 7.96. The van der Waals surface area contributed by atoms with Crippen molar-refractivity contribution in [2.24, 2.45) is 0 Å². The second-order valence-electron chi connectivity index (χ2n) is 5.90. The quantitative estimate of drug-likeness (QED) is 0.557. The lowest BCUT2D eigenvalue weighted by Gasteiger charge is -2.35. The minimum Gasteiger partial charge on any atom is -0.491 e. The maximum absolute atomic E-state index is 6.00. The highest BCUT2D eigenvalue weighted by molar-refractivity contribution is 5.70. The molecule has 3 rings (SSSR count). The van der Waals surface area contributed by atoms with Gasteiger partial charge in [0.25, 0.3) is 0 Å². The second-order valence-corrected chi connectivity index (χ2v) is 5.90. The molecule has 5 heteroatoms. The van der Waals surface area contributed by atoms with Gasteiger partial charge in [-0.05, 0) is 32.0 Å². The summed E-state index contributed by atoms with van der Waals surface area (Å²) in [6.45, 7) is 5.05. The van der Waals surface area contributed by atoms with Crippen molar-refractivity contribution in [2.45, 2.75) is 25.3 Å². The molecule has 2 aliphatic rings. The zero-order chi connectivity index (χ0) is 14.7. The number of nitrogen functional groups attached to an aromatic ring is 1. The highest BCUT2D eigenvalue weighted by atomic mass is 16.5. The molecule has 21 heavy (non-hydrogen) atoms. The van der Waals surface area contributed by atoms with E-state index in [9.17, 15) is 0 Å². The smallest absolute Gasteiger partial charge is 0.147 e. The van der Waals surface area contributed by atoms with Crippen LogP contribution in [0.4, 0.5) is 11.4 Å². The van der Waals surface area contributed by atoms with Crippen LogP contribution >= 0.6 is 0 Å². The summed E-state index contributed by atoms with van der Waals surface area (Å²) in [6, 6.07) is 4.79. The lowest BCUT2D eigenvalue weighted by atomic mass is 10.0.